The molecule has 0 N–H and O–H groups in total. The minimum Gasteiger partial charge on any atom is -0.472 e. The van der Waals surface area contributed by atoms with Crippen molar-refractivity contribution in [3.05, 3.63) is 5.69 Å². The Kier molecular flexibility index (Phi) is 3.70. The van der Waals surface area contributed by atoms with E-state index in [1.807, 2.05) is 0 Å². The molecule has 0 atom stereocenters. The number of nitrogens with zero attached hydrogens (tertiary/aromatic N) is 1. The lowest BCUT2D eigenvalue weighted by Crippen LogP contribution is -2.19. The summed E-state index contributed by atoms with van der Waals surface area (Å²) in [5.41, 5.74) is 0.0113. The highest BCUT2D eigenvalue weighted by Gasteiger charge is 2.31. The minimum atomic E-state index is -4.55. The van der Waals surface area contributed by atoms with Crippen LogP contribution in [0.15, 0.2) is 4.90 Å². The zero-order valence-electron chi connectivity index (χ0n) is 7.71. The van der Waals surface area contributed by atoms with Crippen molar-refractivity contribution in [3.63, 3.8) is 0 Å². The van der Waals surface area contributed by atoms with Crippen LogP contribution in [0.5, 0.6) is 5.06 Å². The first kappa shape index (κ1) is 13.5. The van der Waals surface area contributed by atoms with E-state index in [1.54, 1.807) is 0 Å². The summed E-state index contributed by atoms with van der Waals surface area (Å²) >= 11 is 0.508. The van der Waals surface area contributed by atoms with Crippen molar-refractivity contribution >= 4 is 31.3 Å². The van der Waals surface area contributed by atoms with Gasteiger partial charge in [0.1, 0.15) is 0 Å². The van der Waals surface area contributed by atoms with E-state index in [-0.39, 0.29) is 5.69 Å². The summed E-state index contributed by atoms with van der Waals surface area (Å²) in [7, 11) is 0.877. The van der Waals surface area contributed by atoms with Crippen molar-refractivity contribution in [2.45, 2.75) is 18.0 Å². The summed E-state index contributed by atoms with van der Waals surface area (Å²) in [5.74, 6) is 0. The van der Waals surface area contributed by atoms with Gasteiger partial charge in [-0.3, -0.25) is 0 Å². The van der Waals surface area contributed by atoms with Crippen LogP contribution in [0.4, 0.5) is 13.2 Å². The Bertz CT molecular complexity index is 482. The van der Waals surface area contributed by atoms with Crippen molar-refractivity contribution in [2.75, 3.05) is 6.61 Å². The van der Waals surface area contributed by atoms with E-state index in [9.17, 15) is 21.6 Å². The van der Waals surface area contributed by atoms with Gasteiger partial charge < -0.3 is 4.74 Å². The lowest BCUT2D eigenvalue weighted by Gasteiger charge is -2.07. The lowest BCUT2D eigenvalue weighted by molar-refractivity contribution is -0.153. The third kappa shape index (κ3) is 3.49. The first-order valence-electron chi connectivity index (χ1n) is 3.72. The Morgan fingerprint density at radius 2 is 2.06 bits per heavy atom. The Morgan fingerprint density at radius 3 is 2.50 bits per heavy atom. The fraction of sp³-hybridized carbons (Fsp3) is 0.500. The van der Waals surface area contributed by atoms with Crippen molar-refractivity contribution < 1.29 is 26.3 Å². The number of halogens is 4. The number of aryl methyl sites for hydroxylation is 1. The first-order chi connectivity index (χ1) is 7.11. The standard InChI is InChI=1S/C6H5ClF3NO3S2/c1-3-4(16(7,12)13)5(15-11-3)14-2-6(8,9)10/h2H2,1H3. The summed E-state index contributed by atoms with van der Waals surface area (Å²) in [6.07, 6.45) is -4.55. The molecule has 4 nitrogen and oxygen atoms in total. The highest BCUT2D eigenvalue weighted by atomic mass is 35.7. The second-order valence-electron chi connectivity index (χ2n) is 2.73. The molecule has 0 saturated heterocycles. The third-order valence-corrected chi connectivity index (χ3v) is 3.80. The van der Waals surface area contributed by atoms with Gasteiger partial charge in [0.15, 0.2) is 11.5 Å². The maximum Gasteiger partial charge on any atom is 0.422 e. The zero-order valence-corrected chi connectivity index (χ0v) is 10.1. The molecule has 1 aromatic rings. The Labute approximate surface area is 97.6 Å². The largest absolute Gasteiger partial charge is 0.472 e. The maximum atomic E-state index is 11.9. The normalized spacial score (nSPS) is 12.8. The fourth-order valence-corrected chi connectivity index (χ4v) is 3.35. The van der Waals surface area contributed by atoms with E-state index < -0.39 is 31.8 Å². The second kappa shape index (κ2) is 4.38. The average molecular weight is 296 g/mol. The molecule has 1 aromatic heterocycles. The third-order valence-electron chi connectivity index (χ3n) is 1.39. The highest BCUT2D eigenvalue weighted by molar-refractivity contribution is 8.14. The average Bonchev–Trinajstić information content (AvgIpc) is 2.41. The summed E-state index contributed by atoms with van der Waals surface area (Å²) in [6.45, 7) is -0.278. The van der Waals surface area contributed by atoms with Gasteiger partial charge in [-0.1, -0.05) is 0 Å². The van der Waals surface area contributed by atoms with E-state index in [4.69, 9.17) is 10.7 Å². The zero-order chi connectivity index (χ0) is 12.6. The topological polar surface area (TPSA) is 56.3 Å². The second-order valence-corrected chi connectivity index (χ2v) is 5.96. The molecule has 0 spiro atoms. The van der Waals surface area contributed by atoms with Crippen molar-refractivity contribution in [2.24, 2.45) is 0 Å². The molecule has 0 amide bonds. The van der Waals surface area contributed by atoms with E-state index in [1.165, 1.54) is 6.92 Å². The molecule has 0 aliphatic rings. The van der Waals surface area contributed by atoms with Crippen LogP contribution in [0, 0.1) is 6.92 Å². The van der Waals surface area contributed by atoms with Gasteiger partial charge in [-0.2, -0.15) is 17.5 Å². The molecule has 10 heteroatoms. The molecule has 0 radical (unpaired) electrons. The number of hydrogen-bond donors (Lipinski definition) is 0. The summed E-state index contributed by atoms with van der Waals surface area (Å²) in [4.78, 5) is -0.511. The van der Waals surface area contributed by atoms with E-state index in [0.29, 0.717) is 11.5 Å². The Hall–Kier alpha value is -0.540. The van der Waals surface area contributed by atoms with Gasteiger partial charge in [0.05, 0.1) is 5.69 Å². The molecule has 1 rings (SSSR count). The SMILES string of the molecule is Cc1nsc(OCC(F)(F)F)c1S(=O)(=O)Cl. The smallest absolute Gasteiger partial charge is 0.422 e. The number of ether oxygens (including phenoxy) is 1. The predicted molar refractivity (Wildman–Crippen MR) is 51.4 cm³/mol. The van der Waals surface area contributed by atoms with Crippen LogP contribution in [0.3, 0.4) is 0 Å². The Balaban J connectivity index is 2.99. The molecule has 0 bridgehead atoms. The first-order valence-corrected chi connectivity index (χ1v) is 6.80. The molecule has 16 heavy (non-hydrogen) atoms. The van der Waals surface area contributed by atoms with E-state index in [0.717, 1.165) is 0 Å². The van der Waals surface area contributed by atoms with Crippen LogP contribution in [-0.4, -0.2) is 25.6 Å². The van der Waals surface area contributed by atoms with Gasteiger partial charge in [0, 0.05) is 22.2 Å². The molecule has 0 fully saturated rings. The molecule has 0 aromatic carbocycles. The van der Waals surface area contributed by atoms with E-state index in [2.05, 4.69) is 9.11 Å². The summed E-state index contributed by atoms with van der Waals surface area (Å²) < 4.78 is 65.5. The molecule has 0 saturated carbocycles. The molecular formula is C6H5ClF3NO3S2. The Morgan fingerprint density at radius 1 is 1.50 bits per heavy atom. The molecule has 1 heterocycles. The predicted octanol–water partition coefficient (Wildman–Crippen LogP) is 2.32. The highest BCUT2D eigenvalue weighted by Crippen LogP contribution is 2.34. The van der Waals surface area contributed by atoms with Gasteiger partial charge >= 0.3 is 6.18 Å². The molecule has 0 unspecified atom stereocenters. The van der Waals surface area contributed by atoms with Crippen molar-refractivity contribution in [1.29, 1.82) is 0 Å². The molecule has 0 aliphatic carbocycles. The van der Waals surface area contributed by atoms with Gasteiger partial charge in [0.25, 0.3) is 9.05 Å². The van der Waals surface area contributed by atoms with Crippen molar-refractivity contribution in [1.82, 2.24) is 4.37 Å². The maximum absolute atomic E-state index is 11.9. The van der Waals surface area contributed by atoms with Crippen LogP contribution in [0.25, 0.3) is 0 Å². The molecule has 0 aliphatic heterocycles. The van der Waals surface area contributed by atoms with Gasteiger partial charge in [-0.05, 0) is 6.92 Å². The molecular weight excluding hydrogens is 291 g/mol. The van der Waals surface area contributed by atoms with Crippen LogP contribution in [0.1, 0.15) is 5.69 Å². The fourth-order valence-electron chi connectivity index (χ4n) is 0.856. The number of hydrogen-bond acceptors (Lipinski definition) is 5. The van der Waals surface area contributed by atoms with Crippen LogP contribution in [-0.2, 0) is 9.05 Å². The number of rotatable bonds is 3. The minimum absolute atomic E-state index is 0.0113. The molecule has 92 valence electrons. The van der Waals surface area contributed by atoms with Crippen LogP contribution in [0.2, 0.25) is 0 Å². The van der Waals surface area contributed by atoms with Gasteiger partial charge in [-0.25, -0.2) is 8.42 Å². The van der Waals surface area contributed by atoms with Crippen molar-refractivity contribution in [3.8, 4) is 5.06 Å². The van der Waals surface area contributed by atoms with Crippen LogP contribution < -0.4 is 4.74 Å². The van der Waals surface area contributed by atoms with Crippen LogP contribution >= 0.6 is 22.2 Å². The van der Waals surface area contributed by atoms with Gasteiger partial charge in [-0.15, -0.1) is 0 Å². The lowest BCUT2D eigenvalue weighted by atomic mass is 10.5. The number of aromatic nitrogens is 1. The van der Waals surface area contributed by atoms with Gasteiger partial charge in [0.2, 0.25) is 5.06 Å². The summed E-state index contributed by atoms with van der Waals surface area (Å²) in [6, 6.07) is 0. The monoisotopic (exact) mass is 295 g/mol. The summed E-state index contributed by atoms with van der Waals surface area (Å²) in [5, 5.41) is -0.454. The quantitative estimate of drug-likeness (QED) is 0.803. The van der Waals surface area contributed by atoms with E-state index >= 15 is 0 Å². The number of alkyl halides is 3.